The highest BCUT2D eigenvalue weighted by atomic mass is 32.2. The Kier molecular flexibility index (Phi) is 5.65. The predicted molar refractivity (Wildman–Crippen MR) is 131 cm³/mol. The summed E-state index contributed by atoms with van der Waals surface area (Å²) in [6.45, 7) is 2.92. The number of aromatic nitrogens is 3. The number of likely N-dealkylation sites (tertiary alicyclic amines) is 1. The average molecular weight is 494 g/mol. The molecule has 0 aliphatic carbocycles. The molecule has 8 nitrogen and oxygen atoms in total. The molecule has 0 bridgehead atoms. The molecule has 0 saturated carbocycles. The van der Waals surface area contributed by atoms with Crippen molar-refractivity contribution in [3.05, 3.63) is 71.9 Å². The zero-order valence-electron chi connectivity index (χ0n) is 19.3. The molecule has 1 aliphatic heterocycles. The number of halogens is 1. The topological polar surface area (TPSA) is 111 Å². The fraction of sp³-hybridized carbons (Fsp3) is 0.240. The molecule has 4 aromatic rings. The van der Waals surface area contributed by atoms with Crippen LogP contribution in [0.15, 0.2) is 59.9 Å². The number of nitrogens with zero attached hydrogens (tertiary/aromatic N) is 4. The van der Waals surface area contributed by atoms with Gasteiger partial charge in [0.1, 0.15) is 5.82 Å². The Bertz CT molecular complexity index is 1560. The van der Waals surface area contributed by atoms with Gasteiger partial charge in [-0.3, -0.25) is 9.36 Å². The first-order valence-corrected chi connectivity index (χ1v) is 13.0. The zero-order valence-corrected chi connectivity index (χ0v) is 20.1. The first-order valence-electron chi connectivity index (χ1n) is 11.1. The van der Waals surface area contributed by atoms with E-state index in [4.69, 9.17) is 5.73 Å². The number of rotatable bonds is 4. The molecule has 10 heteroatoms. The van der Waals surface area contributed by atoms with Crippen LogP contribution in [0.2, 0.25) is 0 Å². The maximum atomic E-state index is 14.3. The quantitative estimate of drug-likeness (QED) is 0.468. The van der Waals surface area contributed by atoms with Gasteiger partial charge in [-0.2, -0.15) is 0 Å². The minimum atomic E-state index is -3.57. The highest BCUT2D eigenvalue weighted by Gasteiger charge is 2.26. The molecule has 2 N–H and O–H groups in total. The molecule has 1 atom stereocenters. The first kappa shape index (κ1) is 23.1. The molecule has 1 fully saturated rings. The number of sulfone groups is 1. The Labute approximate surface area is 202 Å². The standard InChI is InChI=1S/C25H24FN5O3S/c1-15-3-6-21(26)20(9-15)17-11-28-25(29-12-17)31-14-23(35(2,33)34)19-5-4-16(10-22(19)31)24(32)30-8-7-18(27)13-30/h3-6,9-12,14,18H,7-8,13,27H2,1-2H3/t18-/m1/s1. The summed E-state index contributed by atoms with van der Waals surface area (Å²) in [6.07, 6.45) is 6.30. The van der Waals surface area contributed by atoms with Crippen molar-refractivity contribution in [2.24, 2.45) is 5.73 Å². The highest BCUT2D eigenvalue weighted by Crippen LogP contribution is 2.30. The van der Waals surface area contributed by atoms with Crippen LogP contribution in [0.4, 0.5) is 4.39 Å². The highest BCUT2D eigenvalue weighted by molar-refractivity contribution is 7.91. The molecular weight excluding hydrogens is 469 g/mol. The molecule has 3 heterocycles. The van der Waals surface area contributed by atoms with Gasteiger partial charge in [0.05, 0.1) is 10.4 Å². The second-order valence-corrected chi connectivity index (χ2v) is 10.9. The summed E-state index contributed by atoms with van der Waals surface area (Å²) in [6, 6.07) is 9.63. The van der Waals surface area contributed by atoms with Crippen LogP contribution in [-0.2, 0) is 9.84 Å². The minimum Gasteiger partial charge on any atom is -0.337 e. The number of hydrogen-bond donors (Lipinski definition) is 1. The average Bonchev–Trinajstić information content (AvgIpc) is 3.43. The monoisotopic (exact) mass is 493 g/mol. The molecule has 1 amide bonds. The van der Waals surface area contributed by atoms with Gasteiger partial charge in [0.15, 0.2) is 9.84 Å². The van der Waals surface area contributed by atoms with Gasteiger partial charge in [0, 0.05) is 66.1 Å². The third-order valence-corrected chi connectivity index (χ3v) is 7.34. The van der Waals surface area contributed by atoms with Crippen molar-refractivity contribution in [1.82, 2.24) is 19.4 Å². The third-order valence-electron chi connectivity index (χ3n) is 6.21. The Morgan fingerprint density at radius 1 is 1.14 bits per heavy atom. The van der Waals surface area contributed by atoms with Gasteiger partial charge in [0.25, 0.3) is 5.91 Å². The van der Waals surface area contributed by atoms with Crippen molar-refractivity contribution < 1.29 is 17.6 Å². The molecule has 5 rings (SSSR count). The summed E-state index contributed by atoms with van der Waals surface area (Å²) >= 11 is 0. The maximum Gasteiger partial charge on any atom is 0.253 e. The number of amides is 1. The Morgan fingerprint density at radius 3 is 2.54 bits per heavy atom. The molecular formula is C25H24FN5O3S. The molecule has 2 aromatic heterocycles. The van der Waals surface area contributed by atoms with E-state index in [1.807, 2.05) is 6.92 Å². The van der Waals surface area contributed by atoms with Crippen LogP contribution in [0.25, 0.3) is 28.0 Å². The summed E-state index contributed by atoms with van der Waals surface area (Å²) < 4.78 is 40.8. The molecule has 1 saturated heterocycles. The first-order chi connectivity index (χ1) is 16.6. The molecule has 2 aromatic carbocycles. The smallest absolute Gasteiger partial charge is 0.253 e. The summed E-state index contributed by atoms with van der Waals surface area (Å²) in [7, 11) is -3.57. The number of fused-ring (bicyclic) bond motifs is 1. The lowest BCUT2D eigenvalue weighted by molar-refractivity contribution is 0.0791. The third kappa shape index (κ3) is 4.30. The molecule has 0 radical (unpaired) electrons. The normalized spacial score (nSPS) is 16.2. The summed E-state index contributed by atoms with van der Waals surface area (Å²) in [5.74, 6) is -0.350. The minimum absolute atomic E-state index is 0.0477. The van der Waals surface area contributed by atoms with E-state index in [9.17, 15) is 17.6 Å². The SMILES string of the molecule is Cc1ccc(F)c(-c2cnc(-n3cc(S(C)(=O)=O)c4ccc(C(=O)N5CC[C@@H](N)C5)cc43)nc2)c1. The van der Waals surface area contributed by atoms with Gasteiger partial charge in [-0.15, -0.1) is 0 Å². The summed E-state index contributed by atoms with van der Waals surface area (Å²) in [5, 5.41) is 0.458. The van der Waals surface area contributed by atoms with Crippen LogP contribution in [0.3, 0.4) is 0 Å². The van der Waals surface area contributed by atoms with Crippen molar-refractivity contribution in [1.29, 1.82) is 0 Å². The van der Waals surface area contributed by atoms with E-state index < -0.39 is 9.84 Å². The second kappa shape index (κ2) is 8.54. The second-order valence-electron chi connectivity index (χ2n) is 8.92. The van der Waals surface area contributed by atoms with Crippen molar-refractivity contribution >= 4 is 26.6 Å². The fourth-order valence-electron chi connectivity index (χ4n) is 4.39. The van der Waals surface area contributed by atoms with Crippen LogP contribution in [-0.4, -0.2) is 59.1 Å². The van der Waals surface area contributed by atoms with E-state index in [-0.39, 0.29) is 28.6 Å². The lowest BCUT2D eigenvalue weighted by Gasteiger charge is -2.16. The molecule has 0 spiro atoms. The summed E-state index contributed by atoms with van der Waals surface area (Å²) in [5.41, 5.74) is 8.62. The van der Waals surface area contributed by atoms with E-state index in [0.717, 1.165) is 18.2 Å². The van der Waals surface area contributed by atoms with Crippen LogP contribution in [0, 0.1) is 12.7 Å². The summed E-state index contributed by atoms with van der Waals surface area (Å²) in [4.78, 5) is 23.6. The predicted octanol–water partition coefficient (Wildman–Crippen LogP) is 3.11. The zero-order chi connectivity index (χ0) is 24.9. The van der Waals surface area contributed by atoms with E-state index in [0.29, 0.717) is 40.7 Å². The van der Waals surface area contributed by atoms with Gasteiger partial charge in [0.2, 0.25) is 5.95 Å². The number of carbonyl (C=O) groups is 1. The molecule has 180 valence electrons. The number of hydrogen-bond acceptors (Lipinski definition) is 6. The van der Waals surface area contributed by atoms with Gasteiger partial charge < -0.3 is 10.6 Å². The van der Waals surface area contributed by atoms with Gasteiger partial charge in [-0.25, -0.2) is 22.8 Å². The van der Waals surface area contributed by atoms with E-state index in [1.54, 1.807) is 35.2 Å². The van der Waals surface area contributed by atoms with Crippen LogP contribution in [0.5, 0.6) is 0 Å². The lowest BCUT2D eigenvalue weighted by Crippen LogP contribution is -2.31. The number of carbonyl (C=O) groups excluding carboxylic acids is 1. The van der Waals surface area contributed by atoms with E-state index in [1.165, 1.54) is 29.2 Å². The Morgan fingerprint density at radius 2 is 1.89 bits per heavy atom. The lowest BCUT2D eigenvalue weighted by atomic mass is 10.1. The number of nitrogens with two attached hydrogens (primary N) is 1. The Hall–Kier alpha value is -3.63. The van der Waals surface area contributed by atoms with E-state index in [2.05, 4.69) is 9.97 Å². The van der Waals surface area contributed by atoms with Crippen molar-refractivity contribution in [2.45, 2.75) is 24.3 Å². The largest absolute Gasteiger partial charge is 0.337 e. The van der Waals surface area contributed by atoms with Crippen molar-refractivity contribution in [2.75, 3.05) is 19.3 Å². The van der Waals surface area contributed by atoms with Gasteiger partial charge in [-0.1, -0.05) is 17.7 Å². The van der Waals surface area contributed by atoms with Gasteiger partial charge >= 0.3 is 0 Å². The molecule has 1 aliphatic rings. The number of aryl methyl sites for hydroxylation is 1. The van der Waals surface area contributed by atoms with Gasteiger partial charge in [-0.05, 0) is 37.6 Å². The van der Waals surface area contributed by atoms with Crippen LogP contribution < -0.4 is 5.73 Å². The fourth-order valence-corrected chi connectivity index (χ4v) is 5.26. The van der Waals surface area contributed by atoms with Crippen molar-refractivity contribution in [3.63, 3.8) is 0 Å². The van der Waals surface area contributed by atoms with Crippen LogP contribution >= 0.6 is 0 Å². The van der Waals surface area contributed by atoms with Crippen molar-refractivity contribution in [3.8, 4) is 17.1 Å². The maximum absolute atomic E-state index is 14.3. The molecule has 35 heavy (non-hydrogen) atoms. The van der Waals surface area contributed by atoms with Crippen LogP contribution in [0.1, 0.15) is 22.3 Å². The molecule has 0 unspecified atom stereocenters. The Balaban J connectivity index is 1.61. The number of benzene rings is 2. The van der Waals surface area contributed by atoms with E-state index >= 15 is 0 Å².